The number of ether oxygens (including phenoxy) is 2. The number of nitrogens with zero attached hydrogens (tertiary/aromatic N) is 2. The monoisotopic (exact) mass is 304 g/mol. The SMILES string of the molecule is Cc1noc(NC(=O)NCCc2cccc3c2OCCO3)n1. The molecule has 116 valence electrons. The fourth-order valence-corrected chi connectivity index (χ4v) is 2.13. The molecule has 0 saturated heterocycles. The number of rotatable bonds is 4. The molecule has 0 radical (unpaired) electrons. The van der Waals surface area contributed by atoms with Gasteiger partial charge >= 0.3 is 12.0 Å². The molecule has 0 saturated carbocycles. The number of carbonyl (C=O) groups excluding carboxylic acids is 1. The van der Waals surface area contributed by atoms with Crippen LogP contribution in [-0.2, 0) is 6.42 Å². The molecule has 0 atom stereocenters. The van der Waals surface area contributed by atoms with Gasteiger partial charge in [-0.15, -0.1) is 0 Å². The van der Waals surface area contributed by atoms with Crippen molar-refractivity contribution in [2.24, 2.45) is 0 Å². The van der Waals surface area contributed by atoms with Crippen molar-refractivity contribution in [1.29, 1.82) is 0 Å². The number of benzene rings is 1. The smallest absolute Gasteiger partial charge is 0.329 e. The van der Waals surface area contributed by atoms with Crippen LogP contribution in [0.25, 0.3) is 0 Å². The van der Waals surface area contributed by atoms with Gasteiger partial charge in [0.1, 0.15) is 13.2 Å². The first-order valence-electron chi connectivity index (χ1n) is 6.95. The van der Waals surface area contributed by atoms with E-state index >= 15 is 0 Å². The number of nitrogens with one attached hydrogen (secondary N) is 2. The van der Waals surface area contributed by atoms with Crippen LogP contribution >= 0.6 is 0 Å². The van der Waals surface area contributed by atoms with E-state index in [1.54, 1.807) is 6.92 Å². The largest absolute Gasteiger partial charge is 0.486 e. The van der Waals surface area contributed by atoms with Gasteiger partial charge in [-0.25, -0.2) is 4.79 Å². The average Bonchev–Trinajstić information content (AvgIpc) is 2.92. The van der Waals surface area contributed by atoms with E-state index in [9.17, 15) is 4.79 Å². The Morgan fingerprint density at radius 1 is 1.32 bits per heavy atom. The van der Waals surface area contributed by atoms with E-state index in [2.05, 4.69) is 20.8 Å². The molecule has 2 N–H and O–H groups in total. The summed E-state index contributed by atoms with van der Waals surface area (Å²) in [5, 5.41) is 8.77. The first-order chi connectivity index (χ1) is 10.7. The number of fused-ring (bicyclic) bond motifs is 1. The number of aryl methyl sites for hydroxylation is 1. The summed E-state index contributed by atoms with van der Waals surface area (Å²) < 4.78 is 15.9. The van der Waals surface area contributed by atoms with Crippen molar-refractivity contribution in [3.8, 4) is 11.5 Å². The van der Waals surface area contributed by atoms with E-state index in [4.69, 9.17) is 14.0 Å². The number of aromatic nitrogens is 2. The lowest BCUT2D eigenvalue weighted by molar-refractivity contribution is 0.170. The molecule has 0 unspecified atom stereocenters. The molecule has 0 spiro atoms. The Kier molecular flexibility index (Phi) is 4.08. The van der Waals surface area contributed by atoms with Gasteiger partial charge in [-0.05, 0) is 25.0 Å². The second-order valence-corrected chi connectivity index (χ2v) is 4.72. The summed E-state index contributed by atoms with van der Waals surface area (Å²) in [4.78, 5) is 15.6. The van der Waals surface area contributed by atoms with Crippen LogP contribution < -0.4 is 20.1 Å². The Bertz CT molecular complexity index is 671. The maximum absolute atomic E-state index is 11.7. The van der Waals surface area contributed by atoms with Gasteiger partial charge in [-0.1, -0.05) is 17.3 Å². The second kappa shape index (κ2) is 6.33. The molecule has 0 aliphatic carbocycles. The lowest BCUT2D eigenvalue weighted by Gasteiger charge is -2.20. The van der Waals surface area contributed by atoms with Crippen molar-refractivity contribution in [2.75, 3.05) is 25.1 Å². The Hall–Kier alpha value is -2.77. The van der Waals surface area contributed by atoms with Gasteiger partial charge in [0.25, 0.3) is 0 Å². The molecule has 2 aromatic rings. The van der Waals surface area contributed by atoms with Crippen molar-refractivity contribution in [2.45, 2.75) is 13.3 Å². The van der Waals surface area contributed by atoms with Crippen LogP contribution in [0.15, 0.2) is 22.7 Å². The van der Waals surface area contributed by atoms with Crippen molar-refractivity contribution >= 4 is 12.0 Å². The Balaban J connectivity index is 1.52. The topological polar surface area (TPSA) is 98.5 Å². The number of carbonyl (C=O) groups is 1. The number of para-hydroxylation sites is 1. The lowest BCUT2D eigenvalue weighted by atomic mass is 10.1. The van der Waals surface area contributed by atoms with Crippen LogP contribution in [0, 0.1) is 6.92 Å². The van der Waals surface area contributed by atoms with Gasteiger partial charge in [-0.3, -0.25) is 5.32 Å². The molecule has 1 aromatic heterocycles. The summed E-state index contributed by atoms with van der Waals surface area (Å²) in [6.45, 7) is 3.21. The molecular formula is C14H16N4O4. The Morgan fingerprint density at radius 3 is 3.00 bits per heavy atom. The van der Waals surface area contributed by atoms with E-state index in [-0.39, 0.29) is 6.01 Å². The van der Waals surface area contributed by atoms with Gasteiger partial charge < -0.3 is 19.3 Å². The third-order valence-corrected chi connectivity index (χ3v) is 3.08. The molecule has 1 aliphatic heterocycles. The highest BCUT2D eigenvalue weighted by molar-refractivity contribution is 5.86. The van der Waals surface area contributed by atoms with Gasteiger partial charge in [-0.2, -0.15) is 4.98 Å². The maximum Gasteiger partial charge on any atom is 0.329 e. The van der Waals surface area contributed by atoms with E-state index in [0.29, 0.717) is 32.0 Å². The summed E-state index contributed by atoms with van der Waals surface area (Å²) in [6.07, 6.45) is 0.628. The Labute approximate surface area is 126 Å². The second-order valence-electron chi connectivity index (χ2n) is 4.72. The minimum absolute atomic E-state index is 0.0730. The molecule has 0 fully saturated rings. The number of amides is 2. The lowest BCUT2D eigenvalue weighted by Crippen LogP contribution is -2.30. The number of anilines is 1. The number of hydrogen-bond donors (Lipinski definition) is 2. The summed E-state index contributed by atoms with van der Waals surface area (Å²) >= 11 is 0. The molecule has 1 aliphatic rings. The van der Waals surface area contributed by atoms with Gasteiger partial charge in [0.2, 0.25) is 0 Å². The maximum atomic E-state index is 11.7. The van der Waals surface area contributed by atoms with Crippen LogP contribution in [-0.4, -0.2) is 35.9 Å². The van der Waals surface area contributed by atoms with E-state index in [0.717, 1.165) is 17.1 Å². The average molecular weight is 304 g/mol. The fourth-order valence-electron chi connectivity index (χ4n) is 2.13. The van der Waals surface area contributed by atoms with Crippen LogP contribution in [0.5, 0.6) is 11.5 Å². The molecular weight excluding hydrogens is 288 g/mol. The summed E-state index contributed by atoms with van der Waals surface area (Å²) in [6, 6.07) is 5.41. The molecule has 3 rings (SSSR count). The highest BCUT2D eigenvalue weighted by Crippen LogP contribution is 2.33. The quantitative estimate of drug-likeness (QED) is 0.888. The zero-order valence-corrected chi connectivity index (χ0v) is 12.1. The van der Waals surface area contributed by atoms with Gasteiger partial charge in [0, 0.05) is 6.54 Å². The predicted molar refractivity (Wildman–Crippen MR) is 77.2 cm³/mol. The molecule has 0 bridgehead atoms. The van der Waals surface area contributed by atoms with Crippen LogP contribution in [0.2, 0.25) is 0 Å². The predicted octanol–water partition coefficient (Wildman–Crippen LogP) is 1.51. The third kappa shape index (κ3) is 3.27. The summed E-state index contributed by atoms with van der Waals surface area (Å²) in [5.74, 6) is 1.96. The highest BCUT2D eigenvalue weighted by Gasteiger charge is 2.15. The first-order valence-corrected chi connectivity index (χ1v) is 6.95. The third-order valence-electron chi connectivity index (χ3n) is 3.08. The molecule has 2 amide bonds. The van der Waals surface area contributed by atoms with Gasteiger partial charge in [0.15, 0.2) is 17.3 Å². The van der Waals surface area contributed by atoms with Crippen LogP contribution in [0.4, 0.5) is 10.8 Å². The van der Waals surface area contributed by atoms with E-state index < -0.39 is 6.03 Å². The summed E-state index contributed by atoms with van der Waals surface area (Å²) in [5.41, 5.74) is 0.992. The van der Waals surface area contributed by atoms with Crippen LogP contribution in [0.3, 0.4) is 0 Å². The molecule has 2 heterocycles. The zero-order valence-electron chi connectivity index (χ0n) is 12.1. The zero-order chi connectivity index (χ0) is 15.4. The normalized spacial score (nSPS) is 12.8. The minimum Gasteiger partial charge on any atom is -0.486 e. The van der Waals surface area contributed by atoms with Crippen molar-refractivity contribution in [1.82, 2.24) is 15.5 Å². The Morgan fingerprint density at radius 2 is 2.18 bits per heavy atom. The number of hydrogen-bond acceptors (Lipinski definition) is 6. The summed E-state index contributed by atoms with van der Waals surface area (Å²) in [7, 11) is 0. The van der Waals surface area contributed by atoms with Crippen molar-refractivity contribution < 1.29 is 18.8 Å². The number of urea groups is 1. The highest BCUT2D eigenvalue weighted by atomic mass is 16.6. The standard InChI is InChI=1S/C14H16N4O4/c1-9-16-14(22-18-9)17-13(19)15-6-5-10-3-2-4-11-12(10)21-8-7-20-11/h2-4H,5-8H2,1H3,(H2,15,16,17,18,19). The van der Waals surface area contributed by atoms with Crippen LogP contribution in [0.1, 0.15) is 11.4 Å². The van der Waals surface area contributed by atoms with E-state index in [1.165, 1.54) is 0 Å². The van der Waals surface area contributed by atoms with E-state index in [1.807, 2.05) is 18.2 Å². The van der Waals surface area contributed by atoms with Crippen molar-refractivity contribution in [3.05, 3.63) is 29.6 Å². The molecule has 8 heteroatoms. The first kappa shape index (κ1) is 14.2. The molecule has 1 aromatic carbocycles. The van der Waals surface area contributed by atoms with Crippen molar-refractivity contribution in [3.63, 3.8) is 0 Å². The molecule has 22 heavy (non-hydrogen) atoms. The molecule has 8 nitrogen and oxygen atoms in total. The minimum atomic E-state index is -0.398. The fraction of sp³-hybridized carbons (Fsp3) is 0.357. The van der Waals surface area contributed by atoms with Gasteiger partial charge in [0.05, 0.1) is 0 Å².